The summed E-state index contributed by atoms with van der Waals surface area (Å²) in [6.45, 7) is 17.7. The van der Waals surface area contributed by atoms with Crippen LogP contribution in [0, 0.1) is 10.8 Å². The van der Waals surface area contributed by atoms with Gasteiger partial charge < -0.3 is 24.3 Å². The Kier molecular flexibility index (Phi) is 14.1. The number of ether oxygens (including phenoxy) is 3. The molecule has 0 aliphatic carbocycles. The number of esters is 2. The molecule has 0 saturated heterocycles. The van der Waals surface area contributed by atoms with Crippen molar-refractivity contribution in [3.05, 3.63) is 45.4 Å². The van der Waals surface area contributed by atoms with Crippen molar-refractivity contribution in [3.8, 4) is 5.88 Å². The first-order valence-corrected chi connectivity index (χ1v) is 12.7. The normalized spacial score (nSPS) is 11.7. The summed E-state index contributed by atoms with van der Waals surface area (Å²) < 4.78 is 15.9. The molecule has 220 valence electrons. The molecule has 2 heterocycles. The van der Waals surface area contributed by atoms with Gasteiger partial charge in [-0.2, -0.15) is 0 Å². The molecule has 11 nitrogen and oxygen atoms in total. The standard InChI is InChI=1S/C13H19ClN2O3.C9H18O3.C4H3ClN2O/c1-12(2,3)19-11(17)13(4,5)8-18-10-7-15-9(14)6-16-10;1-8(2,3)12-7(11)9(4,5)6-10;5-3-1-7-4(8)2-6-3/h6-7H,8H2,1-5H3;10H,6H2,1-5H3;1-2H,(H,7,8). The van der Waals surface area contributed by atoms with E-state index in [4.69, 9.17) is 42.5 Å². The van der Waals surface area contributed by atoms with Crippen LogP contribution >= 0.6 is 23.2 Å². The zero-order valence-corrected chi connectivity index (χ0v) is 25.7. The Morgan fingerprint density at radius 1 is 0.795 bits per heavy atom. The number of aliphatic hydroxyl groups excluding tert-OH is 1. The highest BCUT2D eigenvalue weighted by atomic mass is 35.5. The molecule has 0 aliphatic rings. The lowest BCUT2D eigenvalue weighted by Crippen LogP contribution is -2.37. The van der Waals surface area contributed by atoms with E-state index < -0.39 is 22.0 Å². The lowest BCUT2D eigenvalue weighted by atomic mass is 9.95. The molecule has 2 N–H and O–H groups in total. The fourth-order valence-electron chi connectivity index (χ4n) is 1.91. The van der Waals surface area contributed by atoms with Crippen molar-refractivity contribution in [1.82, 2.24) is 19.9 Å². The van der Waals surface area contributed by atoms with E-state index in [1.165, 1.54) is 18.6 Å². The monoisotopic (exact) mass is 590 g/mol. The number of halogens is 2. The van der Waals surface area contributed by atoms with Gasteiger partial charge in [0.1, 0.15) is 28.1 Å². The van der Waals surface area contributed by atoms with Crippen molar-refractivity contribution in [3.63, 3.8) is 0 Å². The van der Waals surface area contributed by atoms with Crippen molar-refractivity contribution in [1.29, 1.82) is 0 Å². The molecule has 0 saturated carbocycles. The van der Waals surface area contributed by atoms with Crippen molar-refractivity contribution in [2.75, 3.05) is 13.2 Å². The maximum Gasteiger partial charge on any atom is 0.315 e. The van der Waals surface area contributed by atoms with E-state index in [0.29, 0.717) is 16.2 Å². The van der Waals surface area contributed by atoms with E-state index >= 15 is 0 Å². The van der Waals surface area contributed by atoms with Gasteiger partial charge in [0.15, 0.2) is 0 Å². The Hall–Kier alpha value is -2.76. The Balaban J connectivity index is 0.000000614. The van der Waals surface area contributed by atoms with Crippen molar-refractivity contribution in [2.45, 2.75) is 80.4 Å². The van der Waals surface area contributed by atoms with Crippen LogP contribution in [-0.2, 0) is 19.1 Å². The van der Waals surface area contributed by atoms with Crippen LogP contribution in [0.5, 0.6) is 5.88 Å². The predicted octanol–water partition coefficient (Wildman–Crippen LogP) is 4.65. The summed E-state index contributed by atoms with van der Waals surface area (Å²) in [6, 6.07) is 0. The molecule has 2 aromatic heterocycles. The lowest BCUT2D eigenvalue weighted by Gasteiger charge is -2.28. The minimum absolute atomic E-state index is 0.151. The Bertz CT molecular complexity index is 1090. The van der Waals surface area contributed by atoms with Crippen LogP contribution in [0.2, 0.25) is 10.3 Å². The van der Waals surface area contributed by atoms with Gasteiger partial charge in [-0.15, -0.1) is 0 Å². The van der Waals surface area contributed by atoms with Gasteiger partial charge in [-0.1, -0.05) is 23.2 Å². The maximum atomic E-state index is 12.0. The smallest absolute Gasteiger partial charge is 0.315 e. The van der Waals surface area contributed by atoms with Crippen LogP contribution in [0.15, 0.2) is 29.6 Å². The molecule has 2 aromatic rings. The number of aromatic nitrogens is 4. The fraction of sp³-hybridized carbons (Fsp3) is 0.615. The van der Waals surface area contributed by atoms with Crippen molar-refractivity contribution < 1.29 is 28.9 Å². The molecular formula is C26H40Cl2N4O7. The Labute approximate surface area is 239 Å². The van der Waals surface area contributed by atoms with E-state index in [9.17, 15) is 14.4 Å². The van der Waals surface area contributed by atoms with Gasteiger partial charge in [-0.25, -0.2) is 15.0 Å². The van der Waals surface area contributed by atoms with Gasteiger partial charge in [0, 0.05) is 6.20 Å². The molecule has 0 atom stereocenters. The van der Waals surface area contributed by atoms with Crippen LogP contribution in [-0.4, -0.2) is 61.4 Å². The average Bonchev–Trinajstić information content (AvgIpc) is 2.79. The average molecular weight is 592 g/mol. The predicted molar refractivity (Wildman–Crippen MR) is 149 cm³/mol. The molecule has 0 aliphatic heterocycles. The first-order valence-electron chi connectivity index (χ1n) is 12.0. The second-order valence-electron chi connectivity index (χ2n) is 11.6. The Morgan fingerprint density at radius 2 is 1.28 bits per heavy atom. The largest absolute Gasteiger partial charge is 0.475 e. The van der Waals surface area contributed by atoms with Gasteiger partial charge in [0.25, 0.3) is 5.56 Å². The highest BCUT2D eigenvalue weighted by molar-refractivity contribution is 6.29. The molecule has 0 unspecified atom stereocenters. The molecule has 0 aromatic carbocycles. The molecule has 2 rings (SSSR count). The van der Waals surface area contributed by atoms with Gasteiger partial charge in [-0.05, 0) is 69.2 Å². The number of aromatic amines is 1. The third-order valence-electron chi connectivity index (χ3n) is 4.11. The molecule has 0 fully saturated rings. The zero-order chi connectivity index (χ0) is 30.7. The van der Waals surface area contributed by atoms with Crippen LogP contribution in [0.3, 0.4) is 0 Å². The van der Waals surface area contributed by atoms with E-state index in [0.717, 1.165) is 6.20 Å². The number of nitrogens with one attached hydrogen (secondary N) is 1. The highest BCUT2D eigenvalue weighted by Gasteiger charge is 2.34. The zero-order valence-electron chi connectivity index (χ0n) is 24.2. The summed E-state index contributed by atoms with van der Waals surface area (Å²) in [7, 11) is 0. The molecule has 0 radical (unpaired) electrons. The molecule has 13 heteroatoms. The minimum atomic E-state index is -0.798. The highest BCUT2D eigenvalue weighted by Crippen LogP contribution is 2.23. The number of H-pyrrole nitrogens is 1. The fourth-order valence-corrected chi connectivity index (χ4v) is 2.11. The van der Waals surface area contributed by atoms with Gasteiger partial charge in [-0.3, -0.25) is 14.4 Å². The van der Waals surface area contributed by atoms with Gasteiger partial charge >= 0.3 is 11.9 Å². The maximum absolute atomic E-state index is 12.0. The van der Waals surface area contributed by atoms with E-state index in [1.807, 2.05) is 20.8 Å². The number of carbonyl (C=O) groups is 2. The number of aliphatic hydroxyl groups is 1. The first kappa shape index (κ1) is 36.2. The molecule has 39 heavy (non-hydrogen) atoms. The molecule has 0 amide bonds. The van der Waals surface area contributed by atoms with Crippen molar-refractivity contribution >= 4 is 35.1 Å². The lowest BCUT2D eigenvalue weighted by molar-refractivity contribution is -0.168. The molecule has 0 spiro atoms. The number of rotatable bonds is 6. The number of carbonyl (C=O) groups excluding carboxylic acids is 2. The van der Waals surface area contributed by atoms with Crippen LogP contribution in [0.1, 0.15) is 69.2 Å². The molecule has 0 bridgehead atoms. The first-order chi connectivity index (χ1) is 17.6. The summed E-state index contributed by atoms with van der Waals surface area (Å²) >= 11 is 11.0. The summed E-state index contributed by atoms with van der Waals surface area (Å²) in [6.07, 6.45) is 5.26. The second-order valence-corrected chi connectivity index (χ2v) is 12.4. The quantitative estimate of drug-likeness (QED) is 0.454. The summed E-state index contributed by atoms with van der Waals surface area (Å²) in [5.74, 6) is -0.361. The number of hydrogen-bond acceptors (Lipinski definition) is 10. The second kappa shape index (κ2) is 15.1. The Morgan fingerprint density at radius 3 is 1.64 bits per heavy atom. The van der Waals surface area contributed by atoms with E-state index in [-0.39, 0.29) is 30.7 Å². The van der Waals surface area contributed by atoms with Gasteiger partial charge in [0.05, 0.1) is 36.0 Å². The van der Waals surface area contributed by atoms with Gasteiger partial charge in [0.2, 0.25) is 5.88 Å². The third-order valence-corrected chi connectivity index (χ3v) is 4.52. The topological polar surface area (TPSA) is 154 Å². The summed E-state index contributed by atoms with van der Waals surface area (Å²) in [4.78, 5) is 47.2. The van der Waals surface area contributed by atoms with Crippen LogP contribution in [0.4, 0.5) is 0 Å². The van der Waals surface area contributed by atoms with E-state index in [1.54, 1.807) is 48.5 Å². The third kappa shape index (κ3) is 16.7. The number of nitrogens with zero attached hydrogens (tertiary/aromatic N) is 3. The summed E-state index contributed by atoms with van der Waals surface area (Å²) in [5.41, 5.74) is -2.81. The van der Waals surface area contributed by atoms with Crippen molar-refractivity contribution in [2.24, 2.45) is 10.8 Å². The SMILES string of the molecule is CC(C)(C)OC(=O)C(C)(C)CO.CC(C)(C)OC(=O)C(C)(C)COc1cnc(Cl)cn1.O=c1cnc(Cl)c[nH]1. The van der Waals surface area contributed by atoms with Crippen LogP contribution in [0.25, 0.3) is 0 Å². The van der Waals surface area contributed by atoms with E-state index in [2.05, 4.69) is 19.9 Å². The molecular weight excluding hydrogens is 551 g/mol. The van der Waals surface area contributed by atoms with Crippen LogP contribution < -0.4 is 10.3 Å². The minimum Gasteiger partial charge on any atom is -0.475 e. The number of hydrogen-bond donors (Lipinski definition) is 2. The summed E-state index contributed by atoms with van der Waals surface area (Å²) in [5, 5.41) is 9.45.